The number of pyridine rings is 1. The molecule has 0 saturated heterocycles. The molecule has 3 nitrogen and oxygen atoms in total. The standard InChI is InChI=1S/C13H20N2O/c16-10-13(11-5-4-8-14-9-11)15-12-6-2-1-3-7-12/h4-5,8-9,12-13,15-16H,1-3,6-7,10H2. The number of nitrogens with zero attached hydrogens (tertiary/aromatic N) is 1. The summed E-state index contributed by atoms with van der Waals surface area (Å²) in [5.74, 6) is 0. The molecule has 1 aromatic rings. The van der Waals surface area contributed by atoms with Crippen LogP contribution in [0, 0.1) is 0 Å². The second kappa shape index (κ2) is 5.97. The van der Waals surface area contributed by atoms with E-state index in [1.807, 2.05) is 18.3 Å². The van der Waals surface area contributed by atoms with Crippen LogP contribution in [0.5, 0.6) is 0 Å². The monoisotopic (exact) mass is 220 g/mol. The number of aromatic nitrogens is 1. The smallest absolute Gasteiger partial charge is 0.0627 e. The predicted octanol–water partition coefficient (Wildman–Crippen LogP) is 2.04. The Hall–Kier alpha value is -0.930. The maximum Gasteiger partial charge on any atom is 0.0627 e. The molecule has 0 aromatic carbocycles. The van der Waals surface area contributed by atoms with Gasteiger partial charge >= 0.3 is 0 Å². The van der Waals surface area contributed by atoms with Gasteiger partial charge in [-0.25, -0.2) is 0 Å². The molecule has 16 heavy (non-hydrogen) atoms. The molecule has 1 saturated carbocycles. The molecule has 88 valence electrons. The summed E-state index contributed by atoms with van der Waals surface area (Å²) < 4.78 is 0. The van der Waals surface area contributed by atoms with E-state index in [-0.39, 0.29) is 12.6 Å². The summed E-state index contributed by atoms with van der Waals surface area (Å²) in [6.45, 7) is 0.141. The Morgan fingerprint density at radius 2 is 2.19 bits per heavy atom. The third kappa shape index (κ3) is 3.03. The highest BCUT2D eigenvalue weighted by atomic mass is 16.3. The summed E-state index contributed by atoms with van der Waals surface area (Å²) >= 11 is 0. The van der Waals surface area contributed by atoms with Gasteiger partial charge < -0.3 is 10.4 Å². The summed E-state index contributed by atoms with van der Waals surface area (Å²) in [5.41, 5.74) is 1.08. The Kier molecular flexibility index (Phi) is 4.31. The molecule has 1 unspecified atom stereocenters. The summed E-state index contributed by atoms with van der Waals surface area (Å²) in [6, 6.07) is 4.53. The van der Waals surface area contributed by atoms with Gasteiger partial charge in [-0.1, -0.05) is 25.3 Å². The Balaban J connectivity index is 1.94. The summed E-state index contributed by atoms with van der Waals surface area (Å²) in [7, 11) is 0. The van der Waals surface area contributed by atoms with Crippen LogP contribution in [-0.2, 0) is 0 Å². The Morgan fingerprint density at radius 3 is 2.81 bits per heavy atom. The average molecular weight is 220 g/mol. The van der Waals surface area contributed by atoms with Crippen molar-refractivity contribution in [3.8, 4) is 0 Å². The van der Waals surface area contributed by atoms with E-state index in [0.29, 0.717) is 6.04 Å². The van der Waals surface area contributed by atoms with Crippen molar-refractivity contribution in [2.24, 2.45) is 0 Å². The second-order valence-electron chi connectivity index (χ2n) is 4.52. The van der Waals surface area contributed by atoms with Crippen LogP contribution in [0.3, 0.4) is 0 Å². The van der Waals surface area contributed by atoms with E-state index in [2.05, 4.69) is 10.3 Å². The normalized spacial score (nSPS) is 19.6. The minimum Gasteiger partial charge on any atom is -0.394 e. The van der Waals surface area contributed by atoms with Crippen LogP contribution in [0.1, 0.15) is 43.7 Å². The fourth-order valence-electron chi connectivity index (χ4n) is 2.39. The summed E-state index contributed by atoms with van der Waals surface area (Å²) in [5, 5.41) is 13.0. The predicted molar refractivity (Wildman–Crippen MR) is 64.1 cm³/mol. The molecule has 0 spiro atoms. The first-order valence-electron chi connectivity index (χ1n) is 6.17. The van der Waals surface area contributed by atoms with Gasteiger partial charge in [-0.2, -0.15) is 0 Å². The van der Waals surface area contributed by atoms with Gasteiger partial charge in [-0.05, 0) is 24.5 Å². The highest BCUT2D eigenvalue weighted by molar-refractivity contribution is 5.14. The lowest BCUT2D eigenvalue weighted by Gasteiger charge is -2.27. The Labute approximate surface area is 96.9 Å². The third-order valence-corrected chi connectivity index (χ3v) is 3.31. The zero-order chi connectivity index (χ0) is 11.2. The molecule has 0 radical (unpaired) electrons. The molecule has 0 amide bonds. The molecule has 1 aliphatic carbocycles. The molecule has 1 aliphatic rings. The zero-order valence-corrected chi connectivity index (χ0v) is 9.60. The summed E-state index contributed by atoms with van der Waals surface area (Å²) in [6.07, 6.45) is 10.0. The maximum atomic E-state index is 9.42. The van der Waals surface area contributed by atoms with Crippen molar-refractivity contribution in [2.75, 3.05) is 6.61 Å². The van der Waals surface area contributed by atoms with Crippen LogP contribution in [0.4, 0.5) is 0 Å². The molecule has 2 N–H and O–H groups in total. The highest BCUT2D eigenvalue weighted by Gasteiger charge is 2.18. The molecular formula is C13H20N2O. The van der Waals surface area contributed by atoms with Crippen LogP contribution in [-0.4, -0.2) is 22.7 Å². The lowest BCUT2D eigenvalue weighted by Crippen LogP contribution is -2.36. The highest BCUT2D eigenvalue weighted by Crippen LogP contribution is 2.21. The van der Waals surface area contributed by atoms with Gasteiger partial charge in [0.1, 0.15) is 0 Å². The number of aliphatic hydroxyl groups is 1. The molecule has 1 heterocycles. The van der Waals surface area contributed by atoms with Crippen LogP contribution in [0.2, 0.25) is 0 Å². The van der Waals surface area contributed by atoms with Crippen molar-refractivity contribution in [3.63, 3.8) is 0 Å². The minimum absolute atomic E-state index is 0.0387. The van der Waals surface area contributed by atoms with E-state index >= 15 is 0 Å². The van der Waals surface area contributed by atoms with Crippen molar-refractivity contribution in [1.82, 2.24) is 10.3 Å². The fraction of sp³-hybridized carbons (Fsp3) is 0.615. The number of rotatable bonds is 4. The largest absolute Gasteiger partial charge is 0.394 e. The van der Waals surface area contributed by atoms with Gasteiger partial charge in [0.2, 0.25) is 0 Å². The molecule has 3 heteroatoms. The second-order valence-corrected chi connectivity index (χ2v) is 4.52. The lowest BCUT2D eigenvalue weighted by molar-refractivity contribution is 0.220. The first-order valence-corrected chi connectivity index (χ1v) is 6.17. The maximum absolute atomic E-state index is 9.42. The minimum atomic E-state index is 0.0387. The average Bonchev–Trinajstić information content (AvgIpc) is 2.38. The lowest BCUT2D eigenvalue weighted by atomic mass is 9.94. The Bertz CT molecular complexity index is 296. The number of aliphatic hydroxyl groups excluding tert-OH is 1. The van der Waals surface area contributed by atoms with E-state index in [1.54, 1.807) is 6.20 Å². The van der Waals surface area contributed by atoms with E-state index in [4.69, 9.17) is 0 Å². The van der Waals surface area contributed by atoms with Gasteiger partial charge in [0.15, 0.2) is 0 Å². The zero-order valence-electron chi connectivity index (χ0n) is 9.60. The molecule has 0 aliphatic heterocycles. The van der Waals surface area contributed by atoms with Crippen molar-refractivity contribution >= 4 is 0 Å². The van der Waals surface area contributed by atoms with Crippen molar-refractivity contribution in [1.29, 1.82) is 0 Å². The van der Waals surface area contributed by atoms with Crippen molar-refractivity contribution < 1.29 is 5.11 Å². The number of nitrogens with one attached hydrogen (secondary N) is 1. The van der Waals surface area contributed by atoms with Crippen LogP contribution in [0.15, 0.2) is 24.5 Å². The van der Waals surface area contributed by atoms with Crippen molar-refractivity contribution in [3.05, 3.63) is 30.1 Å². The number of hydrogen-bond donors (Lipinski definition) is 2. The molecule has 1 aromatic heterocycles. The van der Waals surface area contributed by atoms with Gasteiger partial charge in [0.25, 0.3) is 0 Å². The van der Waals surface area contributed by atoms with Gasteiger partial charge in [0.05, 0.1) is 12.6 Å². The van der Waals surface area contributed by atoms with E-state index in [9.17, 15) is 5.11 Å². The van der Waals surface area contributed by atoms with Crippen LogP contribution in [0.25, 0.3) is 0 Å². The molecule has 2 rings (SSSR count). The summed E-state index contributed by atoms with van der Waals surface area (Å²) in [4.78, 5) is 4.10. The topological polar surface area (TPSA) is 45.1 Å². The number of hydrogen-bond acceptors (Lipinski definition) is 3. The molecule has 1 fully saturated rings. The van der Waals surface area contributed by atoms with E-state index < -0.39 is 0 Å². The van der Waals surface area contributed by atoms with Crippen LogP contribution < -0.4 is 5.32 Å². The molecule has 1 atom stereocenters. The first kappa shape index (κ1) is 11.6. The Morgan fingerprint density at radius 1 is 1.38 bits per heavy atom. The van der Waals surface area contributed by atoms with Crippen LogP contribution >= 0.6 is 0 Å². The first-order chi connectivity index (χ1) is 7.90. The quantitative estimate of drug-likeness (QED) is 0.816. The van der Waals surface area contributed by atoms with Gasteiger partial charge in [-0.3, -0.25) is 4.98 Å². The third-order valence-electron chi connectivity index (χ3n) is 3.31. The SMILES string of the molecule is OCC(NC1CCCCC1)c1cccnc1. The fourth-order valence-corrected chi connectivity index (χ4v) is 2.39. The van der Waals surface area contributed by atoms with Gasteiger partial charge in [-0.15, -0.1) is 0 Å². The molecule has 0 bridgehead atoms. The van der Waals surface area contributed by atoms with Gasteiger partial charge in [0, 0.05) is 18.4 Å². The molecular weight excluding hydrogens is 200 g/mol. The van der Waals surface area contributed by atoms with E-state index in [0.717, 1.165) is 5.56 Å². The van der Waals surface area contributed by atoms with E-state index in [1.165, 1.54) is 32.1 Å². The van der Waals surface area contributed by atoms with Crippen molar-refractivity contribution in [2.45, 2.75) is 44.2 Å².